The molecule has 0 aliphatic carbocycles. The summed E-state index contributed by atoms with van der Waals surface area (Å²) in [6, 6.07) is 4.15. The first-order chi connectivity index (χ1) is 9.22. The molecule has 4 nitrogen and oxygen atoms in total. The summed E-state index contributed by atoms with van der Waals surface area (Å²) in [7, 11) is 0. The molecule has 0 amide bonds. The van der Waals surface area contributed by atoms with Crippen molar-refractivity contribution < 1.29 is 9.53 Å². The Hall–Kier alpha value is -1.40. The Morgan fingerprint density at radius 1 is 1.53 bits per heavy atom. The van der Waals surface area contributed by atoms with Gasteiger partial charge in [0.25, 0.3) is 0 Å². The fourth-order valence-corrected chi connectivity index (χ4v) is 3.21. The van der Waals surface area contributed by atoms with Crippen LogP contribution in [0.15, 0.2) is 17.5 Å². The second kappa shape index (κ2) is 6.68. The lowest BCUT2D eigenvalue weighted by molar-refractivity contribution is 0.0527. The molecule has 0 radical (unpaired) electrons. The average molecular weight is 296 g/mol. The van der Waals surface area contributed by atoms with Crippen LogP contribution in [0, 0.1) is 6.92 Å². The SMILES string of the molecule is CCOC(=O)c1c(C)nsc1NCCc1cccs1. The number of nitrogens with zero attached hydrogens (tertiary/aromatic N) is 1. The molecule has 2 rings (SSSR count). The van der Waals surface area contributed by atoms with Crippen LogP contribution in [0.25, 0.3) is 0 Å². The summed E-state index contributed by atoms with van der Waals surface area (Å²) < 4.78 is 9.27. The number of anilines is 1. The average Bonchev–Trinajstić information content (AvgIpc) is 3.00. The van der Waals surface area contributed by atoms with Gasteiger partial charge in [0, 0.05) is 11.4 Å². The topological polar surface area (TPSA) is 51.2 Å². The van der Waals surface area contributed by atoms with Gasteiger partial charge >= 0.3 is 5.97 Å². The fraction of sp³-hybridized carbons (Fsp3) is 0.385. The van der Waals surface area contributed by atoms with Gasteiger partial charge < -0.3 is 10.1 Å². The van der Waals surface area contributed by atoms with Crippen molar-refractivity contribution in [2.45, 2.75) is 20.3 Å². The molecule has 0 aromatic carbocycles. The quantitative estimate of drug-likeness (QED) is 0.831. The number of carbonyl (C=O) groups excluding carboxylic acids is 1. The van der Waals surface area contributed by atoms with Gasteiger partial charge in [-0.25, -0.2) is 4.79 Å². The van der Waals surface area contributed by atoms with Crippen LogP contribution in [0.3, 0.4) is 0 Å². The van der Waals surface area contributed by atoms with Crippen LogP contribution in [0.2, 0.25) is 0 Å². The molecule has 0 atom stereocenters. The summed E-state index contributed by atoms with van der Waals surface area (Å²) >= 11 is 3.05. The molecule has 0 bridgehead atoms. The highest BCUT2D eigenvalue weighted by Crippen LogP contribution is 2.25. The standard InChI is InChI=1S/C13H16N2O2S2/c1-3-17-13(16)11-9(2)15-19-12(11)14-7-6-10-5-4-8-18-10/h4-5,8,14H,3,6-7H2,1-2H3. The lowest BCUT2D eigenvalue weighted by atomic mass is 10.2. The van der Waals surface area contributed by atoms with E-state index >= 15 is 0 Å². The van der Waals surface area contributed by atoms with E-state index in [0.29, 0.717) is 12.2 Å². The lowest BCUT2D eigenvalue weighted by Crippen LogP contribution is -2.10. The van der Waals surface area contributed by atoms with Crippen LogP contribution in [-0.2, 0) is 11.2 Å². The summed E-state index contributed by atoms with van der Waals surface area (Å²) in [4.78, 5) is 13.2. The Bertz CT molecular complexity index is 535. The van der Waals surface area contributed by atoms with E-state index in [1.54, 1.807) is 18.3 Å². The van der Waals surface area contributed by atoms with Crippen molar-refractivity contribution in [1.82, 2.24) is 4.37 Å². The Morgan fingerprint density at radius 3 is 3.05 bits per heavy atom. The third-order valence-corrected chi connectivity index (χ3v) is 4.41. The normalized spacial score (nSPS) is 10.4. The van der Waals surface area contributed by atoms with Gasteiger partial charge in [0.05, 0.1) is 12.3 Å². The summed E-state index contributed by atoms with van der Waals surface area (Å²) in [5, 5.41) is 6.14. The molecule has 0 saturated heterocycles. The zero-order chi connectivity index (χ0) is 13.7. The fourth-order valence-electron chi connectivity index (χ4n) is 1.69. The van der Waals surface area contributed by atoms with Crippen molar-refractivity contribution in [2.75, 3.05) is 18.5 Å². The van der Waals surface area contributed by atoms with Gasteiger partial charge in [-0.05, 0) is 43.2 Å². The highest BCUT2D eigenvalue weighted by atomic mass is 32.1. The lowest BCUT2D eigenvalue weighted by Gasteiger charge is -2.06. The molecule has 0 saturated carbocycles. The molecule has 0 spiro atoms. The molecule has 0 aliphatic rings. The molecule has 2 aromatic heterocycles. The first kappa shape index (κ1) is 14.0. The first-order valence-electron chi connectivity index (χ1n) is 6.12. The van der Waals surface area contributed by atoms with Crippen molar-refractivity contribution in [1.29, 1.82) is 0 Å². The highest BCUT2D eigenvalue weighted by molar-refractivity contribution is 7.10. The van der Waals surface area contributed by atoms with E-state index in [9.17, 15) is 4.79 Å². The van der Waals surface area contributed by atoms with E-state index in [0.717, 1.165) is 23.7 Å². The van der Waals surface area contributed by atoms with E-state index in [-0.39, 0.29) is 5.97 Å². The zero-order valence-electron chi connectivity index (χ0n) is 10.9. The van der Waals surface area contributed by atoms with Gasteiger partial charge in [0.2, 0.25) is 0 Å². The van der Waals surface area contributed by atoms with Crippen molar-refractivity contribution in [2.24, 2.45) is 0 Å². The third-order valence-electron chi connectivity index (χ3n) is 2.58. The third kappa shape index (κ3) is 3.54. The maximum atomic E-state index is 11.8. The van der Waals surface area contributed by atoms with E-state index in [1.807, 2.05) is 13.0 Å². The predicted octanol–water partition coefficient (Wildman–Crippen LogP) is 3.34. The molecular weight excluding hydrogens is 280 g/mol. The number of hydrogen-bond acceptors (Lipinski definition) is 6. The van der Waals surface area contributed by atoms with Gasteiger partial charge in [-0.3, -0.25) is 0 Å². The Morgan fingerprint density at radius 2 is 2.37 bits per heavy atom. The van der Waals surface area contributed by atoms with Crippen molar-refractivity contribution in [3.05, 3.63) is 33.6 Å². The van der Waals surface area contributed by atoms with Gasteiger partial charge in [-0.2, -0.15) is 4.37 Å². The number of rotatable bonds is 6. The molecule has 6 heteroatoms. The Kier molecular flexibility index (Phi) is 4.93. The van der Waals surface area contributed by atoms with Crippen molar-refractivity contribution in [3.8, 4) is 0 Å². The summed E-state index contributed by atoms with van der Waals surface area (Å²) in [5.74, 6) is -0.299. The van der Waals surface area contributed by atoms with E-state index in [2.05, 4.69) is 21.1 Å². The number of ether oxygens (including phenoxy) is 1. The van der Waals surface area contributed by atoms with Crippen LogP contribution >= 0.6 is 22.9 Å². The number of thiophene rings is 1. The zero-order valence-corrected chi connectivity index (χ0v) is 12.6. The van der Waals surface area contributed by atoms with Crippen LogP contribution in [0.1, 0.15) is 27.9 Å². The van der Waals surface area contributed by atoms with E-state index in [4.69, 9.17) is 4.74 Å². The van der Waals surface area contributed by atoms with Crippen LogP contribution in [0.4, 0.5) is 5.00 Å². The number of carbonyl (C=O) groups is 1. The number of esters is 1. The number of aromatic nitrogens is 1. The molecular formula is C13H16N2O2S2. The molecule has 2 heterocycles. The molecule has 1 N–H and O–H groups in total. The van der Waals surface area contributed by atoms with Crippen molar-refractivity contribution in [3.63, 3.8) is 0 Å². The minimum Gasteiger partial charge on any atom is -0.462 e. The van der Waals surface area contributed by atoms with Gasteiger partial charge in [-0.15, -0.1) is 11.3 Å². The van der Waals surface area contributed by atoms with Gasteiger partial charge in [-0.1, -0.05) is 6.07 Å². The minimum atomic E-state index is -0.299. The maximum Gasteiger partial charge on any atom is 0.343 e. The smallest absolute Gasteiger partial charge is 0.343 e. The molecule has 0 unspecified atom stereocenters. The second-order valence-corrected chi connectivity index (χ2v) is 5.75. The van der Waals surface area contributed by atoms with Crippen LogP contribution in [0.5, 0.6) is 0 Å². The molecule has 102 valence electrons. The van der Waals surface area contributed by atoms with Crippen LogP contribution < -0.4 is 5.32 Å². The first-order valence-corrected chi connectivity index (χ1v) is 7.77. The van der Waals surface area contributed by atoms with Crippen LogP contribution in [-0.4, -0.2) is 23.5 Å². The molecule has 2 aromatic rings. The Balaban J connectivity index is 1.98. The monoisotopic (exact) mass is 296 g/mol. The second-order valence-electron chi connectivity index (χ2n) is 3.95. The Labute approximate surface area is 120 Å². The highest BCUT2D eigenvalue weighted by Gasteiger charge is 2.19. The van der Waals surface area contributed by atoms with Gasteiger partial charge in [0.1, 0.15) is 10.6 Å². The maximum absolute atomic E-state index is 11.8. The number of aryl methyl sites for hydroxylation is 1. The molecule has 0 aliphatic heterocycles. The molecule has 0 fully saturated rings. The minimum absolute atomic E-state index is 0.299. The summed E-state index contributed by atoms with van der Waals surface area (Å²) in [5.41, 5.74) is 1.29. The summed E-state index contributed by atoms with van der Waals surface area (Å²) in [6.07, 6.45) is 0.941. The number of nitrogens with one attached hydrogen (secondary N) is 1. The van der Waals surface area contributed by atoms with E-state index in [1.165, 1.54) is 16.4 Å². The van der Waals surface area contributed by atoms with Gasteiger partial charge in [0.15, 0.2) is 0 Å². The summed E-state index contributed by atoms with van der Waals surface area (Å²) in [6.45, 7) is 4.79. The molecule has 19 heavy (non-hydrogen) atoms. The van der Waals surface area contributed by atoms with Crippen molar-refractivity contribution >= 4 is 33.8 Å². The van der Waals surface area contributed by atoms with E-state index < -0.39 is 0 Å². The number of hydrogen-bond donors (Lipinski definition) is 1. The largest absolute Gasteiger partial charge is 0.462 e. The predicted molar refractivity (Wildman–Crippen MR) is 79.3 cm³/mol.